The summed E-state index contributed by atoms with van der Waals surface area (Å²) in [5.74, 6) is -0.205. The summed E-state index contributed by atoms with van der Waals surface area (Å²) < 4.78 is 36.5. The first-order chi connectivity index (χ1) is 14.8. The van der Waals surface area contributed by atoms with Crippen LogP contribution in [0.4, 0.5) is 0 Å². The van der Waals surface area contributed by atoms with E-state index in [2.05, 4.69) is 12.1 Å². The van der Waals surface area contributed by atoms with Gasteiger partial charge in [-0.3, -0.25) is 0 Å². The first-order valence-electron chi connectivity index (χ1n) is 9.82. The average Bonchev–Trinajstić information content (AvgIpc) is 2.78. The Labute approximate surface area is 182 Å². The van der Waals surface area contributed by atoms with E-state index in [1.165, 1.54) is 23.3 Å². The Morgan fingerprint density at radius 1 is 0.935 bits per heavy atom. The molecule has 7 heteroatoms. The molecule has 31 heavy (non-hydrogen) atoms. The Morgan fingerprint density at radius 2 is 1.55 bits per heavy atom. The minimum absolute atomic E-state index is 0.178. The van der Waals surface area contributed by atoms with Gasteiger partial charge in [0.15, 0.2) is 0 Å². The molecule has 0 amide bonds. The standard InChI is InChI=1S/C17H17NO2.C7H8O3S/c19-17(20-12-13-6-2-1-3-7-13)16-10-14-8-4-5-9-15(14)11-18-16;1-6-2-4-7(5-3-6)11(8,9)10/h1-9H,10-12,18H2;2-5H,1H3,(H,8,9,10)/q+1;/p-1. The molecule has 0 atom stereocenters. The van der Waals surface area contributed by atoms with Gasteiger partial charge in [-0.05, 0) is 30.2 Å². The van der Waals surface area contributed by atoms with Crippen LogP contribution in [0.25, 0.3) is 0 Å². The number of nitrogens with two attached hydrogens (primary N) is 1. The maximum absolute atomic E-state index is 12.1. The Balaban J connectivity index is 0.000000210. The fraction of sp³-hybridized carbons (Fsp3) is 0.167. The highest BCUT2D eigenvalue weighted by Crippen LogP contribution is 2.16. The normalized spacial score (nSPS) is 13.5. The first kappa shape index (κ1) is 22.7. The summed E-state index contributed by atoms with van der Waals surface area (Å²) in [6.07, 6.45) is 0.670. The average molecular weight is 439 g/mol. The van der Waals surface area contributed by atoms with Crippen LogP contribution in [0.3, 0.4) is 0 Å². The SMILES string of the molecule is Cc1ccc(S(=O)(=O)[O-])cc1.O=C(OCc1ccccc1)[C]1Cc2ccccc2C[NH2+]1. The third kappa shape index (κ3) is 6.75. The summed E-state index contributed by atoms with van der Waals surface area (Å²) in [7, 11) is -4.27. The van der Waals surface area contributed by atoms with E-state index in [9.17, 15) is 17.8 Å². The Kier molecular flexibility index (Phi) is 7.57. The van der Waals surface area contributed by atoms with Crippen LogP contribution in [0.15, 0.2) is 83.8 Å². The molecule has 0 saturated carbocycles. The molecule has 0 saturated heterocycles. The zero-order chi connectivity index (χ0) is 22.3. The van der Waals surface area contributed by atoms with Crippen molar-refractivity contribution < 1.29 is 27.8 Å². The number of quaternary nitrogens is 1. The molecule has 0 spiro atoms. The minimum atomic E-state index is -4.27. The summed E-state index contributed by atoms with van der Waals surface area (Å²) in [5, 5.41) is 1.98. The fourth-order valence-corrected chi connectivity index (χ4v) is 3.59. The predicted molar refractivity (Wildman–Crippen MR) is 114 cm³/mol. The van der Waals surface area contributed by atoms with E-state index in [0.29, 0.717) is 13.0 Å². The number of carbonyl (C=O) groups excluding carboxylic acids is 1. The van der Waals surface area contributed by atoms with E-state index in [0.717, 1.165) is 23.7 Å². The summed E-state index contributed by atoms with van der Waals surface area (Å²) >= 11 is 0. The molecule has 1 radical (unpaired) electrons. The minimum Gasteiger partial charge on any atom is -0.744 e. The van der Waals surface area contributed by atoms with Crippen LogP contribution in [-0.2, 0) is 39.2 Å². The van der Waals surface area contributed by atoms with E-state index < -0.39 is 10.1 Å². The van der Waals surface area contributed by atoms with Crippen molar-refractivity contribution in [2.24, 2.45) is 0 Å². The molecule has 2 N–H and O–H groups in total. The van der Waals surface area contributed by atoms with Crippen LogP contribution < -0.4 is 5.32 Å². The molecule has 0 fully saturated rings. The zero-order valence-corrected chi connectivity index (χ0v) is 18.0. The van der Waals surface area contributed by atoms with Crippen LogP contribution >= 0.6 is 0 Å². The number of hydrogen-bond donors (Lipinski definition) is 1. The maximum Gasteiger partial charge on any atom is 0.376 e. The number of esters is 1. The second-order valence-corrected chi connectivity index (χ2v) is 8.59. The number of hydrogen-bond acceptors (Lipinski definition) is 5. The molecule has 1 aliphatic rings. The number of ether oxygens (including phenoxy) is 1. The summed E-state index contributed by atoms with van der Waals surface area (Å²) in [5.41, 5.74) is 4.46. The van der Waals surface area contributed by atoms with E-state index in [1.54, 1.807) is 12.1 Å². The van der Waals surface area contributed by atoms with Crippen molar-refractivity contribution in [1.82, 2.24) is 0 Å². The van der Waals surface area contributed by atoms with Gasteiger partial charge in [0, 0.05) is 12.0 Å². The second kappa shape index (κ2) is 10.3. The van der Waals surface area contributed by atoms with Crippen molar-refractivity contribution in [2.75, 3.05) is 0 Å². The third-order valence-corrected chi connectivity index (χ3v) is 5.70. The topological polar surface area (TPSA) is 100 Å². The third-order valence-electron chi connectivity index (χ3n) is 4.85. The number of benzene rings is 3. The summed E-state index contributed by atoms with van der Waals surface area (Å²) in [6, 6.07) is 24.5. The van der Waals surface area contributed by atoms with Gasteiger partial charge in [0.05, 0.1) is 4.90 Å². The maximum atomic E-state index is 12.1. The zero-order valence-electron chi connectivity index (χ0n) is 17.2. The number of carbonyl (C=O) groups is 1. The quantitative estimate of drug-likeness (QED) is 0.498. The van der Waals surface area contributed by atoms with E-state index in [-0.39, 0.29) is 10.9 Å². The van der Waals surface area contributed by atoms with Crippen molar-refractivity contribution in [3.05, 3.63) is 107 Å². The lowest BCUT2D eigenvalue weighted by Crippen LogP contribution is -2.87. The number of rotatable bonds is 4. The van der Waals surface area contributed by atoms with Gasteiger partial charge >= 0.3 is 5.97 Å². The smallest absolute Gasteiger partial charge is 0.376 e. The molecule has 6 nitrogen and oxygen atoms in total. The number of fused-ring (bicyclic) bond motifs is 1. The lowest BCUT2D eigenvalue weighted by atomic mass is 9.96. The van der Waals surface area contributed by atoms with Crippen LogP contribution in [0, 0.1) is 13.0 Å². The van der Waals surface area contributed by atoms with Crippen molar-refractivity contribution in [3.63, 3.8) is 0 Å². The van der Waals surface area contributed by atoms with E-state index >= 15 is 0 Å². The van der Waals surface area contributed by atoms with Gasteiger partial charge in [-0.25, -0.2) is 13.2 Å². The molecule has 161 valence electrons. The van der Waals surface area contributed by atoms with Gasteiger partial charge in [-0.1, -0.05) is 72.3 Å². The van der Waals surface area contributed by atoms with Gasteiger partial charge in [-0.15, -0.1) is 0 Å². The monoisotopic (exact) mass is 438 g/mol. The Morgan fingerprint density at radius 3 is 2.19 bits per heavy atom. The molecule has 4 rings (SSSR count). The molecule has 3 aromatic carbocycles. The van der Waals surface area contributed by atoms with Crippen molar-refractivity contribution in [3.8, 4) is 0 Å². The van der Waals surface area contributed by atoms with Gasteiger partial charge in [-0.2, -0.15) is 0 Å². The molecule has 1 aliphatic heterocycles. The summed E-state index contributed by atoms with van der Waals surface area (Å²) in [6.45, 7) is 2.96. The van der Waals surface area contributed by atoms with E-state index in [4.69, 9.17) is 4.74 Å². The molecular weight excluding hydrogens is 414 g/mol. The van der Waals surface area contributed by atoms with Crippen LogP contribution in [0.1, 0.15) is 22.3 Å². The fourth-order valence-electron chi connectivity index (χ4n) is 3.12. The lowest BCUT2D eigenvalue weighted by Gasteiger charge is -2.20. The van der Waals surface area contributed by atoms with Crippen LogP contribution in [0.5, 0.6) is 0 Å². The summed E-state index contributed by atoms with van der Waals surface area (Å²) in [4.78, 5) is 11.9. The van der Waals surface area contributed by atoms with Crippen molar-refractivity contribution in [1.29, 1.82) is 0 Å². The second-order valence-electron chi connectivity index (χ2n) is 7.21. The van der Waals surface area contributed by atoms with E-state index in [1.807, 2.05) is 54.7 Å². The molecule has 3 aromatic rings. The molecule has 0 aromatic heterocycles. The van der Waals surface area contributed by atoms with Crippen LogP contribution in [-0.4, -0.2) is 18.9 Å². The molecular formula is C24H24NO5S. The first-order valence-corrected chi connectivity index (χ1v) is 11.2. The van der Waals surface area contributed by atoms with Gasteiger partial charge in [0.2, 0.25) is 0 Å². The molecule has 0 unspecified atom stereocenters. The Hall–Kier alpha value is -3.00. The van der Waals surface area contributed by atoms with Crippen LogP contribution in [0.2, 0.25) is 0 Å². The molecule has 0 bridgehead atoms. The van der Waals surface area contributed by atoms with Gasteiger partial charge < -0.3 is 14.6 Å². The number of aryl methyl sites for hydroxylation is 1. The predicted octanol–water partition coefficient (Wildman–Crippen LogP) is 2.48. The van der Waals surface area contributed by atoms with Gasteiger partial charge in [0.1, 0.15) is 23.3 Å². The highest BCUT2D eigenvalue weighted by molar-refractivity contribution is 7.85. The lowest BCUT2D eigenvalue weighted by molar-refractivity contribution is -0.653. The van der Waals surface area contributed by atoms with Crippen molar-refractivity contribution in [2.45, 2.75) is 31.4 Å². The molecule has 1 heterocycles. The largest absolute Gasteiger partial charge is 0.744 e. The Bertz CT molecular complexity index is 1110. The highest BCUT2D eigenvalue weighted by atomic mass is 32.2. The van der Waals surface area contributed by atoms with Gasteiger partial charge in [0.25, 0.3) is 6.04 Å². The molecule has 0 aliphatic carbocycles. The van der Waals surface area contributed by atoms with Crippen molar-refractivity contribution >= 4 is 16.1 Å². The highest BCUT2D eigenvalue weighted by Gasteiger charge is 2.31.